The molecule has 2 fully saturated rings. The number of hydrogen-bond donors (Lipinski definition) is 0. The molecule has 5 rings (SSSR count). The molecule has 1 aliphatic carbocycles. The second-order valence-corrected chi connectivity index (χ2v) is 8.59. The summed E-state index contributed by atoms with van der Waals surface area (Å²) < 4.78 is 9.23. The van der Waals surface area contributed by atoms with E-state index < -0.39 is 0 Å². The van der Waals surface area contributed by atoms with Gasteiger partial charge in [-0.2, -0.15) is 5.10 Å². The van der Waals surface area contributed by atoms with Crippen LogP contribution in [0.2, 0.25) is 0 Å². The molecule has 0 amide bonds. The first-order chi connectivity index (χ1) is 14.2. The van der Waals surface area contributed by atoms with E-state index in [0.717, 1.165) is 44.2 Å². The number of aromatic nitrogens is 4. The lowest BCUT2D eigenvalue weighted by Crippen LogP contribution is -2.32. The number of hydrogen-bond acceptors (Lipinski definition) is 4. The maximum Gasteiger partial charge on any atom is 0.279 e. The molecular weight excluding hydrogens is 364 g/mol. The summed E-state index contributed by atoms with van der Waals surface area (Å²) in [6.07, 6.45) is 7.90. The van der Waals surface area contributed by atoms with E-state index in [4.69, 9.17) is 9.84 Å². The predicted octanol–water partition coefficient (Wildman–Crippen LogP) is 3.48. The van der Waals surface area contributed by atoms with Crippen LogP contribution in [0.5, 0.6) is 0 Å². The van der Waals surface area contributed by atoms with Crippen molar-refractivity contribution in [3.05, 3.63) is 63.6 Å². The molecule has 1 saturated carbocycles. The molecule has 0 spiro atoms. The van der Waals surface area contributed by atoms with Gasteiger partial charge in [-0.05, 0) is 44.1 Å². The van der Waals surface area contributed by atoms with Gasteiger partial charge in [-0.1, -0.05) is 36.2 Å². The molecule has 3 aromatic rings. The van der Waals surface area contributed by atoms with Crippen molar-refractivity contribution in [2.75, 3.05) is 13.2 Å². The van der Waals surface area contributed by atoms with Gasteiger partial charge in [-0.3, -0.25) is 9.36 Å². The lowest BCUT2D eigenvalue weighted by atomic mass is 9.85. The van der Waals surface area contributed by atoms with E-state index in [0.29, 0.717) is 23.8 Å². The number of rotatable bonds is 5. The molecule has 152 valence electrons. The van der Waals surface area contributed by atoms with Crippen molar-refractivity contribution in [1.29, 1.82) is 0 Å². The monoisotopic (exact) mass is 392 g/mol. The highest BCUT2D eigenvalue weighted by molar-refractivity contribution is 5.43. The molecule has 1 aliphatic heterocycles. The average molecular weight is 393 g/mol. The second-order valence-electron chi connectivity index (χ2n) is 8.59. The van der Waals surface area contributed by atoms with Gasteiger partial charge in [0, 0.05) is 32.1 Å². The van der Waals surface area contributed by atoms with Crippen molar-refractivity contribution in [2.45, 2.75) is 57.9 Å². The summed E-state index contributed by atoms with van der Waals surface area (Å²) in [6.45, 7) is 4.34. The molecule has 3 heterocycles. The Labute approximate surface area is 170 Å². The van der Waals surface area contributed by atoms with Crippen molar-refractivity contribution in [3.8, 4) is 0 Å². The highest BCUT2D eigenvalue weighted by Crippen LogP contribution is 2.29. The highest BCUT2D eigenvalue weighted by Gasteiger charge is 2.25. The third-order valence-corrected chi connectivity index (χ3v) is 6.49. The highest BCUT2D eigenvalue weighted by atomic mass is 16.5. The number of aryl methyl sites for hydroxylation is 1. The standard InChI is InChI=1S/C23H28N4O2/c1-16-5-7-17(8-6-16)13-21-25-27-20(23(28)26(21)15-18-3-2-4-18)14-24-22(27)19-9-11-29-12-10-19/h5-8,14,18-19H,2-4,9-13,15H2,1H3. The fourth-order valence-electron chi connectivity index (χ4n) is 4.41. The van der Waals surface area contributed by atoms with Crippen LogP contribution in [0.1, 0.15) is 60.8 Å². The molecule has 29 heavy (non-hydrogen) atoms. The summed E-state index contributed by atoms with van der Waals surface area (Å²) >= 11 is 0. The zero-order valence-corrected chi connectivity index (χ0v) is 17.0. The Morgan fingerprint density at radius 2 is 1.86 bits per heavy atom. The van der Waals surface area contributed by atoms with Crippen molar-refractivity contribution < 1.29 is 4.74 Å². The van der Waals surface area contributed by atoms with Crippen molar-refractivity contribution >= 4 is 5.52 Å². The van der Waals surface area contributed by atoms with Gasteiger partial charge in [0.1, 0.15) is 11.6 Å². The molecule has 0 bridgehead atoms. The first kappa shape index (κ1) is 18.6. The zero-order valence-electron chi connectivity index (χ0n) is 17.0. The van der Waals surface area contributed by atoms with Crippen molar-refractivity contribution in [1.82, 2.24) is 19.2 Å². The van der Waals surface area contributed by atoms with Crippen LogP contribution in [0.4, 0.5) is 0 Å². The fraction of sp³-hybridized carbons (Fsp3) is 0.522. The summed E-state index contributed by atoms with van der Waals surface area (Å²) in [6, 6.07) is 8.50. The van der Waals surface area contributed by atoms with Gasteiger partial charge in [0.25, 0.3) is 5.56 Å². The number of fused-ring (bicyclic) bond motifs is 1. The number of ether oxygens (including phenoxy) is 1. The average Bonchev–Trinajstić information content (AvgIpc) is 3.13. The van der Waals surface area contributed by atoms with Gasteiger partial charge in [0.15, 0.2) is 5.52 Å². The quantitative estimate of drug-likeness (QED) is 0.667. The minimum Gasteiger partial charge on any atom is -0.381 e. The third kappa shape index (κ3) is 3.62. The first-order valence-electron chi connectivity index (χ1n) is 10.8. The Morgan fingerprint density at radius 3 is 2.55 bits per heavy atom. The molecule has 0 unspecified atom stereocenters. The Hall–Kier alpha value is -2.47. The van der Waals surface area contributed by atoms with E-state index in [-0.39, 0.29) is 5.56 Å². The van der Waals surface area contributed by atoms with Gasteiger partial charge in [-0.15, -0.1) is 0 Å². The summed E-state index contributed by atoms with van der Waals surface area (Å²) in [5.74, 6) is 2.63. The number of imidazole rings is 1. The minimum absolute atomic E-state index is 0.0415. The SMILES string of the molecule is Cc1ccc(Cc2nn3c(C4CCOCC4)ncc3c(=O)n2CC2CCC2)cc1. The van der Waals surface area contributed by atoms with Crippen LogP contribution in [-0.4, -0.2) is 32.4 Å². The maximum absolute atomic E-state index is 13.4. The fourth-order valence-corrected chi connectivity index (χ4v) is 4.41. The van der Waals surface area contributed by atoms with Crippen LogP contribution in [0, 0.1) is 12.8 Å². The molecule has 6 nitrogen and oxygen atoms in total. The second kappa shape index (κ2) is 7.75. The predicted molar refractivity (Wildman–Crippen MR) is 111 cm³/mol. The van der Waals surface area contributed by atoms with Gasteiger partial charge < -0.3 is 4.74 Å². The summed E-state index contributed by atoms with van der Waals surface area (Å²) in [5.41, 5.74) is 3.05. The molecule has 0 N–H and O–H groups in total. The maximum atomic E-state index is 13.4. The van der Waals surface area contributed by atoms with E-state index in [1.54, 1.807) is 6.20 Å². The smallest absolute Gasteiger partial charge is 0.279 e. The van der Waals surface area contributed by atoms with Gasteiger partial charge in [-0.25, -0.2) is 9.50 Å². The van der Waals surface area contributed by atoms with Crippen LogP contribution in [0.3, 0.4) is 0 Å². The van der Waals surface area contributed by atoms with Gasteiger partial charge in [0.2, 0.25) is 0 Å². The van der Waals surface area contributed by atoms with E-state index in [1.807, 2.05) is 9.08 Å². The summed E-state index contributed by atoms with van der Waals surface area (Å²) in [5, 5.41) is 4.98. The van der Waals surface area contributed by atoms with E-state index in [9.17, 15) is 4.79 Å². The Morgan fingerprint density at radius 1 is 1.10 bits per heavy atom. The van der Waals surface area contributed by atoms with Gasteiger partial charge >= 0.3 is 0 Å². The Bertz CT molecular complexity index is 1060. The summed E-state index contributed by atoms with van der Waals surface area (Å²) in [7, 11) is 0. The third-order valence-electron chi connectivity index (χ3n) is 6.49. The molecule has 2 aliphatic rings. The van der Waals surface area contributed by atoms with Crippen LogP contribution < -0.4 is 5.56 Å². The lowest BCUT2D eigenvalue weighted by molar-refractivity contribution is 0.0832. The topological polar surface area (TPSA) is 61.4 Å². The largest absolute Gasteiger partial charge is 0.381 e. The molecule has 0 radical (unpaired) electrons. The van der Waals surface area contributed by atoms with Crippen molar-refractivity contribution in [3.63, 3.8) is 0 Å². The van der Waals surface area contributed by atoms with Crippen molar-refractivity contribution in [2.24, 2.45) is 5.92 Å². The molecule has 2 aromatic heterocycles. The molecule has 0 atom stereocenters. The molecule has 6 heteroatoms. The molecular formula is C23H28N4O2. The molecule has 1 saturated heterocycles. The van der Waals surface area contributed by atoms with E-state index in [2.05, 4.69) is 36.2 Å². The van der Waals surface area contributed by atoms with Gasteiger partial charge in [0.05, 0.1) is 6.20 Å². The van der Waals surface area contributed by atoms with Crippen LogP contribution >= 0.6 is 0 Å². The minimum atomic E-state index is 0.0415. The number of benzene rings is 1. The Kier molecular flexibility index (Phi) is 4.96. The van der Waals surface area contributed by atoms with Crippen LogP contribution in [-0.2, 0) is 17.7 Å². The van der Waals surface area contributed by atoms with E-state index in [1.165, 1.54) is 30.4 Å². The zero-order chi connectivity index (χ0) is 19.8. The Balaban J connectivity index is 1.59. The van der Waals surface area contributed by atoms with Crippen LogP contribution in [0.25, 0.3) is 5.52 Å². The summed E-state index contributed by atoms with van der Waals surface area (Å²) in [4.78, 5) is 18.0. The molecule has 1 aromatic carbocycles. The number of nitrogens with zero attached hydrogens (tertiary/aromatic N) is 4. The first-order valence-corrected chi connectivity index (χ1v) is 10.8. The normalized spacial score (nSPS) is 18.2. The van der Waals surface area contributed by atoms with E-state index >= 15 is 0 Å². The van der Waals surface area contributed by atoms with Crippen LogP contribution in [0.15, 0.2) is 35.3 Å². The lowest BCUT2D eigenvalue weighted by Gasteiger charge is -2.27.